The Kier molecular flexibility index (Phi) is 4.49. The van der Waals surface area contributed by atoms with Gasteiger partial charge in [0.05, 0.1) is 21.2 Å². The number of H-pyrrole nitrogens is 1. The van der Waals surface area contributed by atoms with Crippen LogP contribution in [0.3, 0.4) is 0 Å². The molecule has 0 amide bonds. The first kappa shape index (κ1) is 15.4. The number of aromatic amines is 1. The second kappa shape index (κ2) is 5.82. The average Bonchev–Trinajstić information content (AvgIpc) is 2.87. The smallest absolute Gasteiger partial charge is 0.205 e. The number of rotatable bonds is 2. The van der Waals surface area contributed by atoms with Gasteiger partial charge >= 0.3 is 0 Å². The molecule has 7 heteroatoms. The lowest BCUT2D eigenvalue weighted by Crippen LogP contribution is -1.94. The van der Waals surface area contributed by atoms with Gasteiger partial charge in [0.25, 0.3) is 0 Å². The van der Waals surface area contributed by atoms with Crippen molar-refractivity contribution in [2.24, 2.45) is 0 Å². The average molecular weight is 349 g/mol. The number of hydrogen-bond acceptors (Lipinski definition) is 3. The van der Waals surface area contributed by atoms with Gasteiger partial charge in [-0.3, -0.25) is 0 Å². The van der Waals surface area contributed by atoms with Crippen molar-refractivity contribution in [2.75, 3.05) is 5.32 Å². The maximum Gasteiger partial charge on any atom is 0.205 e. The van der Waals surface area contributed by atoms with Crippen molar-refractivity contribution < 1.29 is 0 Å². The maximum atomic E-state index is 6.13. The standard InChI is InChI=1S/C13H11Cl2N3S.ClH/c1-6-10-11(7(2)19-6)17-13(16-10)18-12-8(14)4-3-5-9(12)15;/h3-5H,1-2H3,(H2,16,17,18);1H. The molecule has 0 aliphatic heterocycles. The zero-order chi connectivity index (χ0) is 13.6. The number of thiophene rings is 1. The number of fused-ring (bicyclic) bond motifs is 1. The van der Waals surface area contributed by atoms with Crippen LogP contribution in [0, 0.1) is 13.8 Å². The third-order valence-electron chi connectivity index (χ3n) is 2.90. The molecule has 0 spiro atoms. The van der Waals surface area contributed by atoms with Crippen LogP contribution in [0.1, 0.15) is 9.75 Å². The molecule has 3 rings (SSSR count). The van der Waals surface area contributed by atoms with E-state index in [0.29, 0.717) is 21.7 Å². The Labute approximate surface area is 136 Å². The Morgan fingerprint density at radius 3 is 2.40 bits per heavy atom. The van der Waals surface area contributed by atoms with Crippen molar-refractivity contribution in [2.45, 2.75) is 13.8 Å². The molecular formula is C13H12Cl3N3S. The Bertz CT molecular complexity index is 709. The van der Waals surface area contributed by atoms with E-state index in [1.165, 1.54) is 9.75 Å². The molecule has 0 aliphatic carbocycles. The monoisotopic (exact) mass is 347 g/mol. The highest BCUT2D eigenvalue weighted by molar-refractivity contribution is 7.13. The molecule has 0 unspecified atom stereocenters. The number of aromatic nitrogens is 2. The van der Waals surface area contributed by atoms with Gasteiger partial charge in [0.1, 0.15) is 5.52 Å². The first-order chi connectivity index (χ1) is 9.06. The van der Waals surface area contributed by atoms with Crippen molar-refractivity contribution in [3.05, 3.63) is 38.0 Å². The summed E-state index contributed by atoms with van der Waals surface area (Å²) in [5.41, 5.74) is 2.72. The topological polar surface area (TPSA) is 40.7 Å². The third-order valence-corrected chi connectivity index (χ3v) is 4.54. The Balaban J connectivity index is 0.00000147. The number of halogens is 3. The van der Waals surface area contributed by atoms with E-state index >= 15 is 0 Å². The molecule has 0 aliphatic rings. The van der Waals surface area contributed by atoms with Gasteiger partial charge in [-0.1, -0.05) is 29.3 Å². The number of benzene rings is 1. The summed E-state index contributed by atoms with van der Waals surface area (Å²) >= 11 is 14.0. The molecule has 2 heterocycles. The lowest BCUT2D eigenvalue weighted by atomic mass is 10.3. The molecule has 3 aromatic rings. The molecule has 20 heavy (non-hydrogen) atoms. The third kappa shape index (κ3) is 2.61. The van der Waals surface area contributed by atoms with Gasteiger partial charge < -0.3 is 10.3 Å². The molecule has 0 saturated heterocycles. The van der Waals surface area contributed by atoms with Crippen LogP contribution in [-0.2, 0) is 0 Å². The summed E-state index contributed by atoms with van der Waals surface area (Å²) < 4.78 is 0. The van der Waals surface area contributed by atoms with E-state index in [-0.39, 0.29) is 12.4 Å². The van der Waals surface area contributed by atoms with E-state index in [4.69, 9.17) is 23.2 Å². The summed E-state index contributed by atoms with van der Waals surface area (Å²) in [4.78, 5) is 10.2. The predicted octanol–water partition coefficient (Wildman–Crippen LogP) is 5.71. The molecule has 0 radical (unpaired) electrons. The molecule has 2 aromatic heterocycles. The van der Waals surface area contributed by atoms with Gasteiger partial charge in [-0.15, -0.1) is 23.7 Å². The lowest BCUT2D eigenvalue weighted by molar-refractivity contribution is 1.30. The molecular weight excluding hydrogens is 337 g/mol. The fourth-order valence-corrected chi connectivity index (χ4v) is 3.45. The Morgan fingerprint density at radius 1 is 1.15 bits per heavy atom. The summed E-state index contributed by atoms with van der Waals surface area (Å²) in [6.07, 6.45) is 0. The van der Waals surface area contributed by atoms with E-state index in [1.54, 1.807) is 23.5 Å². The first-order valence-corrected chi connectivity index (χ1v) is 7.30. The summed E-state index contributed by atoms with van der Waals surface area (Å²) in [5, 5.41) is 4.28. The summed E-state index contributed by atoms with van der Waals surface area (Å²) in [5.74, 6) is 0.652. The molecule has 1 aromatic carbocycles. The Morgan fingerprint density at radius 2 is 1.80 bits per heavy atom. The van der Waals surface area contributed by atoms with Gasteiger partial charge in [0, 0.05) is 9.75 Å². The van der Waals surface area contributed by atoms with Crippen molar-refractivity contribution in [1.82, 2.24) is 9.97 Å². The van der Waals surface area contributed by atoms with Crippen molar-refractivity contribution in [3.63, 3.8) is 0 Å². The highest BCUT2D eigenvalue weighted by atomic mass is 35.5. The zero-order valence-corrected chi connectivity index (χ0v) is 13.9. The van der Waals surface area contributed by atoms with Crippen molar-refractivity contribution in [3.8, 4) is 0 Å². The van der Waals surface area contributed by atoms with E-state index in [1.807, 2.05) is 6.07 Å². The van der Waals surface area contributed by atoms with Gasteiger partial charge in [0.15, 0.2) is 0 Å². The zero-order valence-electron chi connectivity index (χ0n) is 10.8. The van der Waals surface area contributed by atoms with Gasteiger partial charge in [0.2, 0.25) is 5.95 Å². The number of aryl methyl sites for hydroxylation is 2. The highest BCUT2D eigenvalue weighted by Gasteiger charge is 2.12. The number of hydrogen-bond donors (Lipinski definition) is 2. The van der Waals surface area contributed by atoms with Crippen LogP contribution < -0.4 is 5.32 Å². The van der Waals surface area contributed by atoms with Crippen LogP contribution >= 0.6 is 46.9 Å². The van der Waals surface area contributed by atoms with Crippen molar-refractivity contribution in [1.29, 1.82) is 0 Å². The van der Waals surface area contributed by atoms with Crippen LogP contribution in [0.5, 0.6) is 0 Å². The van der Waals surface area contributed by atoms with Crippen LogP contribution in [0.2, 0.25) is 10.0 Å². The maximum absolute atomic E-state index is 6.13. The molecule has 2 N–H and O–H groups in total. The minimum absolute atomic E-state index is 0. The van der Waals surface area contributed by atoms with Crippen LogP contribution in [-0.4, -0.2) is 9.97 Å². The summed E-state index contributed by atoms with van der Waals surface area (Å²) in [6.45, 7) is 4.14. The highest BCUT2D eigenvalue weighted by Crippen LogP contribution is 2.34. The number of para-hydroxylation sites is 1. The summed E-state index contributed by atoms with van der Waals surface area (Å²) in [6, 6.07) is 5.39. The number of anilines is 2. The lowest BCUT2D eigenvalue weighted by Gasteiger charge is -2.07. The van der Waals surface area contributed by atoms with E-state index < -0.39 is 0 Å². The molecule has 0 atom stereocenters. The predicted molar refractivity (Wildman–Crippen MR) is 90.4 cm³/mol. The molecule has 0 bridgehead atoms. The van der Waals surface area contributed by atoms with Crippen LogP contribution in [0.25, 0.3) is 11.0 Å². The number of nitrogens with one attached hydrogen (secondary N) is 2. The molecule has 0 fully saturated rings. The normalized spacial score (nSPS) is 10.6. The minimum Gasteiger partial charge on any atom is -0.323 e. The van der Waals surface area contributed by atoms with Gasteiger partial charge in [-0.05, 0) is 26.0 Å². The quantitative estimate of drug-likeness (QED) is 0.622. The van der Waals surface area contributed by atoms with E-state index in [9.17, 15) is 0 Å². The summed E-state index contributed by atoms with van der Waals surface area (Å²) in [7, 11) is 0. The number of nitrogens with zero attached hydrogens (tertiary/aromatic N) is 1. The Hall–Kier alpha value is -0.940. The van der Waals surface area contributed by atoms with Gasteiger partial charge in [-0.25, -0.2) is 4.98 Å². The molecule has 106 valence electrons. The van der Waals surface area contributed by atoms with Crippen LogP contribution in [0.15, 0.2) is 18.2 Å². The number of imidazole rings is 1. The fraction of sp³-hybridized carbons (Fsp3) is 0.154. The van der Waals surface area contributed by atoms with E-state index in [0.717, 1.165) is 11.0 Å². The second-order valence-corrected chi connectivity index (χ2v) is 6.49. The fourth-order valence-electron chi connectivity index (χ4n) is 2.01. The van der Waals surface area contributed by atoms with Crippen molar-refractivity contribution >= 4 is 69.6 Å². The SMILES string of the molecule is Cc1sc(C)c2[nH]c(Nc3c(Cl)cccc3Cl)nc12.Cl. The first-order valence-electron chi connectivity index (χ1n) is 5.73. The van der Waals surface area contributed by atoms with Crippen LogP contribution in [0.4, 0.5) is 11.6 Å². The second-order valence-electron chi connectivity index (χ2n) is 4.25. The van der Waals surface area contributed by atoms with Gasteiger partial charge in [-0.2, -0.15) is 0 Å². The minimum atomic E-state index is 0. The largest absolute Gasteiger partial charge is 0.323 e. The van der Waals surface area contributed by atoms with E-state index in [2.05, 4.69) is 29.1 Å². The molecule has 3 nitrogen and oxygen atoms in total. The molecule has 0 saturated carbocycles.